The van der Waals surface area contributed by atoms with Gasteiger partial charge in [-0.05, 0) is 54.1 Å². The molecule has 22 nitrogen and oxygen atoms in total. The highest BCUT2D eigenvalue weighted by atomic mass is 32.2. The van der Waals surface area contributed by atoms with Crippen LogP contribution in [0.4, 0.5) is 28.4 Å². The number of nitro benzene ring substituents is 2. The second-order valence-electron chi connectivity index (χ2n) is 10.3. The van der Waals surface area contributed by atoms with Crippen molar-refractivity contribution >= 4 is 66.2 Å². The molecule has 0 aliphatic heterocycles. The Morgan fingerprint density at radius 1 is 0.712 bits per heavy atom. The monoisotopic (exact) mass is 754 g/mol. The third-order valence-electron chi connectivity index (χ3n) is 6.91. The van der Waals surface area contributed by atoms with Crippen molar-refractivity contribution in [3.63, 3.8) is 0 Å². The van der Waals surface area contributed by atoms with Crippen LogP contribution < -0.4 is 37.8 Å². The predicted molar refractivity (Wildman–Crippen MR) is 179 cm³/mol. The first-order chi connectivity index (χ1) is 24.3. The molecule has 0 amide bonds. The quantitative estimate of drug-likeness (QED) is 0.0564. The van der Waals surface area contributed by atoms with E-state index in [0.717, 1.165) is 30.3 Å². The second-order valence-corrected chi connectivity index (χ2v) is 13.1. The van der Waals surface area contributed by atoms with Crippen molar-refractivity contribution in [2.75, 3.05) is 16.3 Å². The Morgan fingerprint density at radius 2 is 1.37 bits per heavy atom. The Labute approximate surface area is 287 Å². The number of rotatable bonds is 10. The Balaban J connectivity index is 1.48. The number of allylic oxidation sites excluding steroid dienone is 1. The number of nitrogens with zero attached hydrogens (tertiary/aromatic N) is 5. The average Bonchev–Trinajstić information content (AvgIpc) is 3.07. The first-order valence-electron chi connectivity index (χ1n) is 13.7. The highest BCUT2D eigenvalue weighted by Crippen LogP contribution is 2.36. The number of nitrogens with one attached hydrogen (secondary N) is 3. The van der Waals surface area contributed by atoms with E-state index in [1.54, 1.807) is 0 Å². The smallest absolute Gasteiger partial charge is 0.314 e. The van der Waals surface area contributed by atoms with Crippen molar-refractivity contribution in [1.29, 1.82) is 0 Å². The van der Waals surface area contributed by atoms with Crippen LogP contribution in [0.2, 0.25) is 0 Å². The summed E-state index contributed by atoms with van der Waals surface area (Å²) in [5.74, 6) is -2.13. The Bertz CT molecular complexity index is 2740. The average molecular weight is 755 g/mol. The third-order valence-corrected chi connectivity index (χ3v) is 8.61. The molecule has 52 heavy (non-hydrogen) atoms. The molecule has 4 aromatic carbocycles. The van der Waals surface area contributed by atoms with E-state index in [2.05, 4.69) is 26.2 Å². The highest BCUT2D eigenvalue weighted by molar-refractivity contribution is 7.91. The SMILES string of the molecule is O=C1C(=NNc2ccc([N+](=O)[O-])cc2)C(S(=O)(=O)O)=Cc2ccc(NN=c3ccc(=O)c(=NNc4cc(S(=O)(=O)O)cc([N+](=O)[O-])c4O)c3=O)cc21. The van der Waals surface area contributed by atoms with E-state index in [9.17, 15) is 65.7 Å². The van der Waals surface area contributed by atoms with E-state index in [-0.39, 0.29) is 28.2 Å². The number of aromatic hydroxyl groups is 1. The zero-order valence-electron chi connectivity index (χ0n) is 25.3. The normalized spacial score (nSPS) is 14.5. The Kier molecular flexibility index (Phi) is 9.56. The lowest BCUT2D eigenvalue weighted by atomic mass is 9.94. The third kappa shape index (κ3) is 7.58. The molecule has 0 atom stereocenters. The minimum absolute atomic E-state index is 0.0337. The molecule has 6 N–H and O–H groups in total. The van der Waals surface area contributed by atoms with Gasteiger partial charge in [-0.1, -0.05) is 6.07 Å². The molecule has 0 saturated heterocycles. The molecular formula is C28H18N8O14S2. The fourth-order valence-corrected chi connectivity index (χ4v) is 5.61. The molecule has 266 valence electrons. The van der Waals surface area contributed by atoms with Gasteiger partial charge in [-0.3, -0.25) is 60.0 Å². The van der Waals surface area contributed by atoms with E-state index >= 15 is 0 Å². The fraction of sp³-hybridized carbons (Fsp3) is 0. The van der Waals surface area contributed by atoms with Crippen molar-refractivity contribution < 1.29 is 45.7 Å². The fourth-order valence-electron chi connectivity index (χ4n) is 4.42. The summed E-state index contributed by atoms with van der Waals surface area (Å²) < 4.78 is 66.4. The lowest BCUT2D eigenvalue weighted by Crippen LogP contribution is -2.48. The van der Waals surface area contributed by atoms with Gasteiger partial charge in [0.2, 0.25) is 22.4 Å². The standard InChI is InChI=1S/C28H18N8O14S2/c37-22-8-7-19(28(40)24(22)33-32-20-11-17(51(45,46)47)12-21(27(20)39)36(43)44)31-30-15-2-1-13-9-23(52(48,49)50)25(26(38)18(13)10-15)34-29-14-3-5-16(6-4-14)35(41)42/h1-12,29-30,32,39H,(H,45,46,47)(H,48,49,50). The minimum atomic E-state index is -5.01. The summed E-state index contributed by atoms with van der Waals surface area (Å²) in [6.07, 6.45) is 0.963. The van der Waals surface area contributed by atoms with E-state index in [1.165, 1.54) is 30.3 Å². The van der Waals surface area contributed by atoms with Gasteiger partial charge in [0.1, 0.15) is 20.8 Å². The van der Waals surface area contributed by atoms with Crippen LogP contribution in [0.3, 0.4) is 0 Å². The molecule has 0 fully saturated rings. The molecule has 0 aromatic heterocycles. The number of benzene rings is 4. The number of carbonyl (C=O) groups is 1. The van der Waals surface area contributed by atoms with Crippen LogP contribution in [-0.4, -0.2) is 52.4 Å². The van der Waals surface area contributed by atoms with Crippen molar-refractivity contribution in [1.82, 2.24) is 0 Å². The molecule has 4 aromatic rings. The van der Waals surface area contributed by atoms with Crippen LogP contribution in [0.1, 0.15) is 15.9 Å². The van der Waals surface area contributed by atoms with Gasteiger partial charge in [0.05, 0.1) is 21.2 Å². The maximum absolute atomic E-state index is 13.4. The molecule has 5 rings (SSSR count). The van der Waals surface area contributed by atoms with Gasteiger partial charge in [0, 0.05) is 23.8 Å². The van der Waals surface area contributed by atoms with Gasteiger partial charge in [-0.25, -0.2) is 0 Å². The van der Waals surface area contributed by atoms with Crippen molar-refractivity contribution in [3.05, 3.63) is 134 Å². The van der Waals surface area contributed by atoms with Gasteiger partial charge in [0.15, 0.2) is 11.1 Å². The molecule has 0 unspecified atom stereocenters. The van der Waals surface area contributed by atoms with E-state index in [1.807, 2.05) is 5.43 Å². The number of hydrazone groups is 1. The Hall–Kier alpha value is -7.02. The first kappa shape index (κ1) is 36.3. The zero-order chi connectivity index (χ0) is 38.1. The molecule has 0 radical (unpaired) electrons. The van der Waals surface area contributed by atoms with Crippen molar-refractivity contribution in [2.45, 2.75) is 4.90 Å². The lowest BCUT2D eigenvalue weighted by molar-refractivity contribution is -0.386. The number of non-ortho nitro benzene ring substituents is 1. The molecule has 0 saturated carbocycles. The zero-order valence-corrected chi connectivity index (χ0v) is 26.9. The van der Waals surface area contributed by atoms with Crippen LogP contribution in [0.5, 0.6) is 5.75 Å². The number of phenols is 1. The van der Waals surface area contributed by atoms with Gasteiger partial charge in [0.25, 0.3) is 25.9 Å². The number of anilines is 3. The number of phenolic OH excluding ortho intramolecular Hbond substituents is 1. The topological polar surface area (TPSA) is 340 Å². The summed E-state index contributed by atoms with van der Waals surface area (Å²) in [5, 5.41) is 42.2. The number of ketones is 1. The summed E-state index contributed by atoms with van der Waals surface area (Å²) in [4.78, 5) is 57.4. The molecule has 1 aliphatic carbocycles. The number of Topliss-reactive ketones (excluding diaryl/α,β-unsaturated/α-hetero) is 1. The summed E-state index contributed by atoms with van der Waals surface area (Å²) in [5.41, 5.74) is 1.88. The van der Waals surface area contributed by atoms with Crippen LogP contribution >= 0.6 is 0 Å². The first-order valence-corrected chi connectivity index (χ1v) is 16.6. The lowest BCUT2D eigenvalue weighted by Gasteiger charge is -2.17. The maximum Gasteiger partial charge on any atom is 0.314 e. The summed E-state index contributed by atoms with van der Waals surface area (Å²) in [6.45, 7) is 0. The van der Waals surface area contributed by atoms with Gasteiger partial charge < -0.3 is 5.11 Å². The number of nitro groups is 2. The number of hydrogen-bond donors (Lipinski definition) is 6. The van der Waals surface area contributed by atoms with E-state index in [4.69, 9.17) is 0 Å². The van der Waals surface area contributed by atoms with Crippen molar-refractivity contribution in [3.8, 4) is 5.75 Å². The largest absolute Gasteiger partial charge is 0.501 e. The van der Waals surface area contributed by atoms with Crippen LogP contribution in [0.15, 0.2) is 101 Å². The number of fused-ring (bicyclic) bond motifs is 1. The van der Waals surface area contributed by atoms with Gasteiger partial charge in [-0.2, -0.15) is 32.1 Å². The highest BCUT2D eigenvalue weighted by Gasteiger charge is 2.33. The Morgan fingerprint density at radius 3 is 1.98 bits per heavy atom. The second kappa shape index (κ2) is 13.7. The molecular weight excluding hydrogens is 736 g/mol. The molecule has 0 spiro atoms. The van der Waals surface area contributed by atoms with Crippen LogP contribution in [0.25, 0.3) is 6.08 Å². The van der Waals surface area contributed by atoms with Crippen LogP contribution in [0, 0.1) is 20.2 Å². The molecule has 24 heteroatoms. The number of hydrogen-bond acceptors (Lipinski definition) is 18. The maximum atomic E-state index is 13.4. The molecule has 0 bridgehead atoms. The van der Waals surface area contributed by atoms with Gasteiger partial charge >= 0.3 is 5.69 Å². The summed E-state index contributed by atoms with van der Waals surface area (Å²) in [7, 11) is -10.0. The summed E-state index contributed by atoms with van der Waals surface area (Å²) in [6, 6.07) is 11.2. The summed E-state index contributed by atoms with van der Waals surface area (Å²) >= 11 is 0. The van der Waals surface area contributed by atoms with E-state index < -0.39 is 90.1 Å². The van der Waals surface area contributed by atoms with Gasteiger partial charge in [-0.15, -0.1) is 0 Å². The van der Waals surface area contributed by atoms with E-state index in [0.29, 0.717) is 12.1 Å². The molecule has 0 heterocycles. The van der Waals surface area contributed by atoms with Crippen molar-refractivity contribution in [2.24, 2.45) is 15.3 Å². The number of carbonyl (C=O) groups excluding carboxylic acids is 1. The van der Waals surface area contributed by atoms with Crippen LogP contribution in [-0.2, 0) is 20.2 Å². The molecule has 1 aliphatic rings. The predicted octanol–water partition coefficient (Wildman–Crippen LogP) is 0.800. The minimum Gasteiger partial charge on any atom is -0.501 e.